The average Bonchev–Trinajstić information content (AvgIpc) is 3.01. The molecule has 6 nitrogen and oxygen atoms in total. The average molecular weight is 364 g/mol. The third-order valence-electron chi connectivity index (χ3n) is 3.42. The Kier molecular flexibility index (Phi) is 5.08. The molecule has 2 amide bonds. The lowest BCUT2D eigenvalue weighted by atomic mass is 10.1. The maximum absolute atomic E-state index is 12.1. The molecule has 0 saturated heterocycles. The van der Waals surface area contributed by atoms with Crippen molar-refractivity contribution in [1.29, 1.82) is 0 Å². The van der Waals surface area contributed by atoms with Crippen LogP contribution in [0.4, 0.5) is 29.3 Å². The molecular formula is C17H15F3N4O2. The van der Waals surface area contributed by atoms with Crippen LogP contribution in [0.3, 0.4) is 0 Å². The van der Waals surface area contributed by atoms with Gasteiger partial charge in [0.05, 0.1) is 23.8 Å². The Labute approximate surface area is 146 Å². The molecule has 136 valence electrons. The largest absolute Gasteiger partial charge is 0.411 e. The Morgan fingerprint density at radius 2 is 1.88 bits per heavy atom. The Hall–Kier alpha value is -3.07. The van der Waals surface area contributed by atoms with Crippen LogP contribution in [0, 0.1) is 0 Å². The van der Waals surface area contributed by atoms with Gasteiger partial charge in [0.15, 0.2) is 0 Å². The van der Waals surface area contributed by atoms with Crippen molar-refractivity contribution in [3.63, 3.8) is 0 Å². The maximum Gasteiger partial charge on any atom is 0.411 e. The van der Waals surface area contributed by atoms with Crippen LogP contribution in [-0.2, 0) is 11.5 Å². The number of ether oxygens (including phenoxy) is 1. The Bertz CT molecular complexity index is 903. The number of carbonyl (C=O) groups is 1. The molecule has 1 aromatic heterocycles. The number of carbonyl (C=O) groups excluding carboxylic acids is 1. The molecule has 0 aliphatic carbocycles. The van der Waals surface area contributed by atoms with E-state index in [9.17, 15) is 18.0 Å². The molecule has 0 spiro atoms. The highest BCUT2D eigenvalue weighted by molar-refractivity contribution is 6.06. The lowest BCUT2D eigenvalue weighted by Gasteiger charge is -2.09. The minimum atomic E-state index is -4.40. The van der Waals surface area contributed by atoms with Crippen molar-refractivity contribution >= 4 is 28.2 Å². The van der Waals surface area contributed by atoms with Gasteiger partial charge in [-0.15, -0.1) is 0 Å². The molecule has 0 radical (unpaired) electrons. The van der Waals surface area contributed by atoms with E-state index in [0.717, 1.165) is 15.5 Å². The molecule has 0 aliphatic heterocycles. The van der Waals surface area contributed by atoms with E-state index in [1.165, 1.54) is 12.4 Å². The first-order valence-electron chi connectivity index (χ1n) is 7.63. The second kappa shape index (κ2) is 7.44. The summed E-state index contributed by atoms with van der Waals surface area (Å²) in [6.45, 7) is -1.73. The smallest absolute Gasteiger partial charge is 0.350 e. The standard InChI is InChI=1S/C17H15F3N4O2/c18-17(19,20)10-26-11-24-9-13(8-21-24)22-16(25)23-15-7-3-5-12-4-1-2-6-14(12)15/h1-9H,10-11H2,(H2,22,23,25). The molecule has 3 rings (SSSR count). The summed E-state index contributed by atoms with van der Waals surface area (Å²) >= 11 is 0. The van der Waals surface area contributed by atoms with Crippen molar-refractivity contribution in [2.45, 2.75) is 12.9 Å². The summed E-state index contributed by atoms with van der Waals surface area (Å²) in [7, 11) is 0. The van der Waals surface area contributed by atoms with Gasteiger partial charge < -0.3 is 15.4 Å². The summed E-state index contributed by atoms with van der Waals surface area (Å²) in [6.07, 6.45) is -1.70. The van der Waals surface area contributed by atoms with Gasteiger partial charge in [0.25, 0.3) is 0 Å². The first-order valence-corrected chi connectivity index (χ1v) is 7.63. The van der Waals surface area contributed by atoms with Crippen molar-refractivity contribution in [1.82, 2.24) is 9.78 Å². The number of amides is 2. The molecule has 0 bridgehead atoms. The second-order valence-electron chi connectivity index (χ2n) is 5.47. The fourth-order valence-electron chi connectivity index (χ4n) is 2.37. The molecule has 0 aliphatic rings. The summed E-state index contributed by atoms with van der Waals surface area (Å²) in [5.74, 6) is 0. The van der Waals surface area contributed by atoms with Gasteiger partial charge >= 0.3 is 12.2 Å². The highest BCUT2D eigenvalue weighted by Gasteiger charge is 2.27. The van der Waals surface area contributed by atoms with E-state index in [1.54, 1.807) is 6.07 Å². The quantitative estimate of drug-likeness (QED) is 0.712. The summed E-state index contributed by atoms with van der Waals surface area (Å²) in [5, 5.41) is 11.0. The molecule has 0 fully saturated rings. The van der Waals surface area contributed by atoms with Crippen molar-refractivity contribution in [2.75, 3.05) is 17.2 Å². The number of aromatic nitrogens is 2. The van der Waals surface area contributed by atoms with E-state index in [-0.39, 0.29) is 6.73 Å². The van der Waals surface area contributed by atoms with E-state index in [1.807, 2.05) is 36.4 Å². The highest BCUT2D eigenvalue weighted by atomic mass is 19.4. The first kappa shape index (κ1) is 17.7. The number of alkyl halides is 3. The monoisotopic (exact) mass is 364 g/mol. The van der Waals surface area contributed by atoms with Crippen LogP contribution in [0.25, 0.3) is 10.8 Å². The van der Waals surface area contributed by atoms with Crippen LogP contribution in [0.5, 0.6) is 0 Å². The zero-order valence-corrected chi connectivity index (χ0v) is 13.5. The van der Waals surface area contributed by atoms with Gasteiger partial charge in [-0.1, -0.05) is 36.4 Å². The Morgan fingerprint density at radius 3 is 2.69 bits per heavy atom. The van der Waals surface area contributed by atoms with E-state index < -0.39 is 18.8 Å². The SMILES string of the molecule is O=C(Nc1cnn(COCC(F)(F)F)c1)Nc1cccc2ccccc12. The van der Waals surface area contributed by atoms with Crippen LogP contribution in [-0.4, -0.2) is 28.6 Å². The van der Waals surface area contributed by atoms with Crippen molar-refractivity contribution in [3.8, 4) is 0 Å². The summed E-state index contributed by atoms with van der Waals surface area (Å²) < 4.78 is 41.7. The zero-order chi connectivity index (χ0) is 18.6. The number of urea groups is 1. The Balaban J connectivity index is 1.58. The van der Waals surface area contributed by atoms with E-state index in [0.29, 0.717) is 11.4 Å². The summed E-state index contributed by atoms with van der Waals surface area (Å²) in [5.41, 5.74) is 0.972. The van der Waals surface area contributed by atoms with E-state index >= 15 is 0 Å². The fourth-order valence-corrected chi connectivity index (χ4v) is 2.37. The van der Waals surface area contributed by atoms with Crippen LogP contribution in [0.15, 0.2) is 54.9 Å². The van der Waals surface area contributed by atoms with E-state index in [4.69, 9.17) is 0 Å². The van der Waals surface area contributed by atoms with Crippen LogP contribution in [0.1, 0.15) is 0 Å². The predicted molar refractivity (Wildman–Crippen MR) is 90.8 cm³/mol. The topological polar surface area (TPSA) is 68.2 Å². The number of halogens is 3. The lowest BCUT2D eigenvalue weighted by molar-refractivity contribution is -0.182. The van der Waals surface area contributed by atoms with Gasteiger partial charge in [-0.2, -0.15) is 18.3 Å². The van der Waals surface area contributed by atoms with Gasteiger partial charge in [0.2, 0.25) is 0 Å². The Morgan fingerprint density at radius 1 is 1.12 bits per heavy atom. The van der Waals surface area contributed by atoms with Crippen molar-refractivity contribution < 1.29 is 22.7 Å². The zero-order valence-electron chi connectivity index (χ0n) is 13.5. The number of hydrogen-bond acceptors (Lipinski definition) is 3. The normalized spacial score (nSPS) is 11.5. The van der Waals surface area contributed by atoms with Gasteiger partial charge in [-0.3, -0.25) is 0 Å². The number of anilines is 2. The second-order valence-corrected chi connectivity index (χ2v) is 5.47. The molecule has 1 heterocycles. The number of rotatable bonds is 5. The lowest BCUT2D eigenvalue weighted by Crippen LogP contribution is -2.19. The summed E-state index contributed by atoms with van der Waals surface area (Å²) in [4.78, 5) is 12.1. The minimum Gasteiger partial charge on any atom is -0.350 e. The highest BCUT2D eigenvalue weighted by Crippen LogP contribution is 2.23. The van der Waals surface area contributed by atoms with Crippen LogP contribution in [0.2, 0.25) is 0 Å². The van der Waals surface area contributed by atoms with E-state index in [2.05, 4.69) is 20.5 Å². The van der Waals surface area contributed by atoms with Gasteiger partial charge in [-0.05, 0) is 11.5 Å². The fraction of sp³-hybridized carbons (Fsp3) is 0.176. The molecule has 0 atom stereocenters. The van der Waals surface area contributed by atoms with Crippen molar-refractivity contribution in [2.24, 2.45) is 0 Å². The predicted octanol–water partition coefficient (Wildman–Crippen LogP) is 4.22. The van der Waals surface area contributed by atoms with Gasteiger partial charge in [-0.25, -0.2) is 9.48 Å². The number of hydrogen-bond donors (Lipinski definition) is 2. The van der Waals surface area contributed by atoms with Crippen molar-refractivity contribution in [3.05, 3.63) is 54.9 Å². The summed E-state index contributed by atoms with van der Waals surface area (Å²) in [6, 6.07) is 12.6. The third-order valence-corrected chi connectivity index (χ3v) is 3.42. The third kappa shape index (κ3) is 4.73. The number of nitrogens with zero attached hydrogens (tertiary/aromatic N) is 2. The van der Waals surface area contributed by atoms with Crippen LogP contribution < -0.4 is 10.6 Å². The van der Waals surface area contributed by atoms with Gasteiger partial charge in [0, 0.05) is 5.39 Å². The first-order chi connectivity index (χ1) is 12.4. The molecule has 2 aromatic carbocycles. The molecule has 2 N–H and O–H groups in total. The molecule has 0 unspecified atom stereocenters. The molecule has 0 saturated carbocycles. The number of benzene rings is 2. The molecule has 26 heavy (non-hydrogen) atoms. The van der Waals surface area contributed by atoms with Crippen LogP contribution >= 0.6 is 0 Å². The number of nitrogens with one attached hydrogen (secondary N) is 2. The van der Waals surface area contributed by atoms with Gasteiger partial charge in [0.1, 0.15) is 13.3 Å². The minimum absolute atomic E-state index is 0.332. The molecule has 3 aromatic rings. The maximum atomic E-state index is 12.1. The molecular weight excluding hydrogens is 349 g/mol. The molecule has 9 heteroatoms. The number of fused-ring (bicyclic) bond motifs is 1.